The van der Waals surface area contributed by atoms with Crippen LogP contribution in [0.1, 0.15) is 24.2 Å². The molecular formula is C12H15NO3. The van der Waals surface area contributed by atoms with E-state index >= 15 is 0 Å². The summed E-state index contributed by atoms with van der Waals surface area (Å²) in [6.07, 6.45) is 0.783. The van der Waals surface area contributed by atoms with Gasteiger partial charge in [-0.25, -0.2) is 0 Å². The third kappa shape index (κ3) is 2.82. The lowest BCUT2D eigenvalue weighted by Crippen LogP contribution is -2.03. The predicted octanol–water partition coefficient (Wildman–Crippen LogP) is 2.32. The first-order chi connectivity index (χ1) is 7.72. The molecule has 86 valence electrons. The summed E-state index contributed by atoms with van der Waals surface area (Å²) in [5.41, 5.74) is 0.432. The fourth-order valence-electron chi connectivity index (χ4n) is 1.29. The van der Waals surface area contributed by atoms with E-state index in [2.05, 4.69) is 0 Å². The number of rotatable bonds is 6. The van der Waals surface area contributed by atoms with Gasteiger partial charge in [0.05, 0.1) is 19.4 Å². The Kier molecular flexibility index (Phi) is 4.51. The summed E-state index contributed by atoms with van der Waals surface area (Å²) in [6.45, 7) is 4.79. The fraction of sp³-hybridized carbons (Fsp3) is 0.333. The molecule has 0 bridgehead atoms. The lowest BCUT2D eigenvalue weighted by atomic mass is 10.1. The largest absolute Gasteiger partial charge is 0.490 e. The van der Waals surface area contributed by atoms with Crippen LogP contribution in [-0.2, 0) is 0 Å². The smallest absolute Gasteiger partial charge is 0.203 e. The predicted molar refractivity (Wildman–Crippen MR) is 61.9 cm³/mol. The van der Waals surface area contributed by atoms with Crippen LogP contribution in [0, 0.1) is 5.41 Å². The average Bonchev–Trinajstić information content (AvgIpc) is 2.31. The summed E-state index contributed by atoms with van der Waals surface area (Å²) in [7, 11) is 0. The van der Waals surface area contributed by atoms with Crippen LogP contribution in [0.25, 0.3) is 0 Å². The number of carbonyl (C=O) groups excluding carboxylic acids is 1. The van der Waals surface area contributed by atoms with E-state index < -0.39 is 0 Å². The molecule has 0 unspecified atom stereocenters. The number of nitrogens with one attached hydrogen (secondary N) is 1. The second-order valence-corrected chi connectivity index (χ2v) is 3.04. The van der Waals surface area contributed by atoms with Crippen molar-refractivity contribution in [2.45, 2.75) is 13.8 Å². The molecule has 16 heavy (non-hydrogen) atoms. The number of carbonyl (C=O) groups is 1. The summed E-state index contributed by atoms with van der Waals surface area (Å²) in [5.74, 6) is 0.812. The van der Waals surface area contributed by atoms with E-state index in [0.717, 1.165) is 6.21 Å². The molecule has 1 aromatic carbocycles. The van der Waals surface area contributed by atoms with Crippen molar-refractivity contribution in [3.8, 4) is 11.5 Å². The fourth-order valence-corrected chi connectivity index (χ4v) is 1.29. The molecule has 0 aromatic heterocycles. The number of benzene rings is 1. The van der Waals surface area contributed by atoms with Crippen LogP contribution in [0.4, 0.5) is 0 Å². The quantitative estimate of drug-likeness (QED) is 0.592. The van der Waals surface area contributed by atoms with Gasteiger partial charge in [-0.05, 0) is 32.0 Å². The van der Waals surface area contributed by atoms with Gasteiger partial charge in [0, 0.05) is 5.56 Å². The van der Waals surface area contributed by atoms with Gasteiger partial charge in [0.15, 0.2) is 11.5 Å². The maximum absolute atomic E-state index is 11.3. The Morgan fingerprint density at radius 2 is 1.88 bits per heavy atom. The molecule has 0 amide bonds. The highest BCUT2D eigenvalue weighted by Gasteiger charge is 2.09. The molecule has 0 spiro atoms. The first-order valence-electron chi connectivity index (χ1n) is 5.17. The van der Waals surface area contributed by atoms with Crippen LogP contribution in [-0.4, -0.2) is 25.2 Å². The standard InChI is InChI=1S/C12H15NO3/c1-3-15-11-6-5-9(10(14)8-13)7-12(11)16-4-2/h5-8,13H,3-4H2,1-2H3. The summed E-state index contributed by atoms with van der Waals surface area (Å²) < 4.78 is 10.7. The number of ketones is 1. The van der Waals surface area contributed by atoms with Crippen LogP contribution in [0.15, 0.2) is 18.2 Å². The molecule has 0 saturated heterocycles. The second-order valence-electron chi connectivity index (χ2n) is 3.04. The summed E-state index contributed by atoms with van der Waals surface area (Å²) in [6, 6.07) is 4.91. The Bertz CT molecular complexity index is 388. The molecule has 1 rings (SSSR count). The van der Waals surface area contributed by atoms with E-state index in [0.29, 0.717) is 30.3 Å². The molecule has 0 aliphatic heterocycles. The Labute approximate surface area is 94.7 Å². The highest BCUT2D eigenvalue weighted by Crippen LogP contribution is 2.28. The number of ether oxygens (including phenoxy) is 2. The Hall–Kier alpha value is -1.84. The average molecular weight is 221 g/mol. The highest BCUT2D eigenvalue weighted by molar-refractivity contribution is 6.34. The van der Waals surface area contributed by atoms with Crippen molar-refractivity contribution < 1.29 is 14.3 Å². The minimum absolute atomic E-state index is 0.344. The lowest BCUT2D eigenvalue weighted by molar-refractivity contribution is 0.106. The van der Waals surface area contributed by atoms with Gasteiger partial charge in [0.1, 0.15) is 0 Å². The van der Waals surface area contributed by atoms with Gasteiger partial charge in [-0.1, -0.05) is 0 Å². The van der Waals surface area contributed by atoms with E-state index in [9.17, 15) is 4.79 Å². The van der Waals surface area contributed by atoms with E-state index in [1.807, 2.05) is 13.8 Å². The van der Waals surface area contributed by atoms with Gasteiger partial charge < -0.3 is 14.9 Å². The molecule has 0 saturated carbocycles. The maximum atomic E-state index is 11.3. The highest BCUT2D eigenvalue weighted by atomic mass is 16.5. The van der Waals surface area contributed by atoms with Gasteiger partial charge >= 0.3 is 0 Å². The summed E-state index contributed by atoms with van der Waals surface area (Å²) in [4.78, 5) is 11.3. The Morgan fingerprint density at radius 1 is 1.25 bits per heavy atom. The van der Waals surface area contributed by atoms with Crippen molar-refractivity contribution in [2.24, 2.45) is 0 Å². The normalized spacial score (nSPS) is 9.62. The molecule has 0 atom stereocenters. The van der Waals surface area contributed by atoms with Gasteiger partial charge in [-0.15, -0.1) is 0 Å². The van der Waals surface area contributed by atoms with Crippen molar-refractivity contribution in [1.29, 1.82) is 5.41 Å². The van der Waals surface area contributed by atoms with Crippen molar-refractivity contribution >= 4 is 12.0 Å². The Morgan fingerprint density at radius 3 is 2.44 bits per heavy atom. The zero-order chi connectivity index (χ0) is 12.0. The van der Waals surface area contributed by atoms with E-state index in [1.54, 1.807) is 18.2 Å². The molecule has 0 heterocycles. The zero-order valence-corrected chi connectivity index (χ0v) is 9.45. The molecule has 1 aromatic rings. The van der Waals surface area contributed by atoms with E-state index in [4.69, 9.17) is 14.9 Å². The van der Waals surface area contributed by atoms with Crippen molar-refractivity contribution in [3.63, 3.8) is 0 Å². The maximum Gasteiger partial charge on any atom is 0.203 e. The SMILES string of the molecule is CCOc1ccc(C(=O)C=N)cc1OCC. The zero-order valence-electron chi connectivity index (χ0n) is 9.45. The van der Waals surface area contributed by atoms with Crippen LogP contribution in [0.2, 0.25) is 0 Å². The van der Waals surface area contributed by atoms with Crippen molar-refractivity contribution in [2.75, 3.05) is 13.2 Å². The van der Waals surface area contributed by atoms with E-state index in [1.165, 1.54) is 0 Å². The monoisotopic (exact) mass is 221 g/mol. The van der Waals surface area contributed by atoms with Gasteiger partial charge in [0.2, 0.25) is 5.78 Å². The summed E-state index contributed by atoms with van der Waals surface area (Å²) in [5, 5.41) is 6.91. The summed E-state index contributed by atoms with van der Waals surface area (Å²) >= 11 is 0. The van der Waals surface area contributed by atoms with E-state index in [-0.39, 0.29) is 5.78 Å². The molecule has 0 fully saturated rings. The topological polar surface area (TPSA) is 59.4 Å². The van der Waals surface area contributed by atoms with Gasteiger partial charge in [0.25, 0.3) is 0 Å². The first kappa shape index (κ1) is 12.2. The number of Topliss-reactive ketones (excluding diaryl/α,β-unsaturated/α-hetero) is 1. The van der Waals surface area contributed by atoms with Crippen LogP contribution in [0.5, 0.6) is 11.5 Å². The molecule has 0 radical (unpaired) electrons. The minimum Gasteiger partial charge on any atom is -0.490 e. The van der Waals surface area contributed by atoms with Gasteiger partial charge in [-0.2, -0.15) is 0 Å². The lowest BCUT2D eigenvalue weighted by Gasteiger charge is -2.11. The Balaban J connectivity index is 3.05. The first-order valence-corrected chi connectivity index (χ1v) is 5.17. The van der Waals surface area contributed by atoms with Gasteiger partial charge in [-0.3, -0.25) is 4.79 Å². The molecule has 1 N–H and O–H groups in total. The molecule has 4 heteroatoms. The minimum atomic E-state index is -0.344. The van der Waals surface area contributed by atoms with Crippen molar-refractivity contribution in [1.82, 2.24) is 0 Å². The third-order valence-electron chi connectivity index (χ3n) is 1.96. The second kappa shape index (κ2) is 5.90. The van der Waals surface area contributed by atoms with Crippen LogP contribution < -0.4 is 9.47 Å². The molecule has 0 aliphatic carbocycles. The van der Waals surface area contributed by atoms with Crippen LogP contribution >= 0.6 is 0 Å². The number of hydrogen-bond acceptors (Lipinski definition) is 4. The molecular weight excluding hydrogens is 206 g/mol. The third-order valence-corrected chi connectivity index (χ3v) is 1.96. The van der Waals surface area contributed by atoms with Crippen molar-refractivity contribution in [3.05, 3.63) is 23.8 Å². The molecule has 4 nitrogen and oxygen atoms in total. The molecule has 0 aliphatic rings. The van der Waals surface area contributed by atoms with Crippen LogP contribution in [0.3, 0.4) is 0 Å². The number of hydrogen-bond donors (Lipinski definition) is 1.